The number of hydrogen-bond donors (Lipinski definition) is 0. The van der Waals surface area contributed by atoms with E-state index in [1.807, 2.05) is 12.1 Å². The third-order valence-electron chi connectivity index (χ3n) is 4.08. The second-order valence-electron chi connectivity index (χ2n) is 5.28. The molecule has 0 saturated heterocycles. The first-order valence-corrected chi connectivity index (χ1v) is 6.85. The van der Waals surface area contributed by atoms with E-state index in [0.29, 0.717) is 5.92 Å². The van der Waals surface area contributed by atoms with Crippen molar-refractivity contribution >= 4 is 11.8 Å². The molecule has 0 bridgehead atoms. The summed E-state index contributed by atoms with van der Waals surface area (Å²) < 4.78 is 0. The number of imide groups is 1. The zero-order valence-electron chi connectivity index (χ0n) is 11.0. The van der Waals surface area contributed by atoms with E-state index in [9.17, 15) is 9.59 Å². The van der Waals surface area contributed by atoms with Crippen molar-refractivity contribution in [1.29, 1.82) is 0 Å². The van der Waals surface area contributed by atoms with Gasteiger partial charge in [-0.2, -0.15) is 0 Å². The first-order chi connectivity index (χ1) is 9.22. The van der Waals surface area contributed by atoms with E-state index in [-0.39, 0.29) is 17.9 Å². The Morgan fingerprint density at radius 3 is 2.53 bits per heavy atom. The number of rotatable bonds is 3. The maximum Gasteiger partial charge on any atom is 0.254 e. The molecule has 19 heavy (non-hydrogen) atoms. The number of fused-ring (bicyclic) bond motifs is 1. The van der Waals surface area contributed by atoms with Gasteiger partial charge in [0.2, 0.25) is 0 Å². The minimum atomic E-state index is -0.173. The fraction of sp³-hybridized carbons (Fsp3) is 0.375. The Morgan fingerprint density at radius 2 is 1.84 bits per heavy atom. The van der Waals surface area contributed by atoms with E-state index in [1.165, 1.54) is 22.6 Å². The molecule has 0 unspecified atom stereocenters. The summed E-state index contributed by atoms with van der Waals surface area (Å²) in [6, 6.07) is 8.09. The Bertz CT molecular complexity index is 544. The van der Waals surface area contributed by atoms with Crippen molar-refractivity contribution in [3.05, 3.63) is 47.5 Å². The summed E-state index contributed by atoms with van der Waals surface area (Å²) in [6.45, 7) is 2.14. The predicted molar refractivity (Wildman–Crippen MR) is 72.3 cm³/mol. The Hall–Kier alpha value is -1.90. The highest BCUT2D eigenvalue weighted by Crippen LogP contribution is 2.43. The summed E-state index contributed by atoms with van der Waals surface area (Å²) >= 11 is 0. The van der Waals surface area contributed by atoms with Crippen LogP contribution in [0.5, 0.6) is 0 Å². The average molecular weight is 255 g/mol. The molecule has 0 spiro atoms. The lowest BCUT2D eigenvalue weighted by molar-refractivity contribution is -0.140. The van der Waals surface area contributed by atoms with E-state index in [0.717, 1.165) is 24.8 Å². The van der Waals surface area contributed by atoms with Crippen LogP contribution in [0.1, 0.15) is 36.9 Å². The third-order valence-corrected chi connectivity index (χ3v) is 4.08. The smallest absolute Gasteiger partial charge is 0.254 e. The number of carbonyl (C=O) groups excluding carboxylic acids is 2. The van der Waals surface area contributed by atoms with Crippen LogP contribution >= 0.6 is 0 Å². The van der Waals surface area contributed by atoms with Gasteiger partial charge in [0.1, 0.15) is 0 Å². The van der Waals surface area contributed by atoms with Gasteiger partial charge in [-0.3, -0.25) is 14.5 Å². The van der Waals surface area contributed by atoms with Gasteiger partial charge in [-0.25, -0.2) is 0 Å². The molecule has 1 aliphatic heterocycles. The molecule has 0 N–H and O–H groups in total. The van der Waals surface area contributed by atoms with Gasteiger partial charge in [-0.15, -0.1) is 0 Å². The molecular formula is C16H17NO2. The largest absolute Gasteiger partial charge is 0.269 e. The predicted octanol–water partition coefficient (Wildman–Crippen LogP) is 2.63. The van der Waals surface area contributed by atoms with Crippen molar-refractivity contribution in [2.45, 2.75) is 32.2 Å². The number of carbonyl (C=O) groups is 2. The monoisotopic (exact) mass is 255 g/mol. The number of hydrogen-bond acceptors (Lipinski definition) is 2. The van der Waals surface area contributed by atoms with Gasteiger partial charge in [0.25, 0.3) is 11.8 Å². The van der Waals surface area contributed by atoms with E-state index >= 15 is 0 Å². The Balaban J connectivity index is 2.00. The van der Waals surface area contributed by atoms with Gasteiger partial charge < -0.3 is 0 Å². The van der Waals surface area contributed by atoms with E-state index in [2.05, 4.69) is 19.1 Å². The molecule has 1 aliphatic carbocycles. The molecule has 1 aromatic rings. The zero-order chi connectivity index (χ0) is 13.4. The summed E-state index contributed by atoms with van der Waals surface area (Å²) in [7, 11) is 0. The van der Waals surface area contributed by atoms with Crippen molar-refractivity contribution in [2.75, 3.05) is 0 Å². The quantitative estimate of drug-likeness (QED) is 0.779. The summed E-state index contributed by atoms with van der Waals surface area (Å²) in [5.41, 5.74) is 2.42. The molecule has 98 valence electrons. The van der Waals surface area contributed by atoms with Gasteiger partial charge in [-0.1, -0.05) is 37.6 Å². The molecule has 0 radical (unpaired) electrons. The van der Waals surface area contributed by atoms with Crippen LogP contribution in [0.4, 0.5) is 0 Å². The first kappa shape index (κ1) is 12.2. The van der Waals surface area contributed by atoms with Crippen molar-refractivity contribution in [2.24, 2.45) is 5.92 Å². The summed E-state index contributed by atoms with van der Waals surface area (Å²) in [5, 5.41) is 0. The molecule has 3 heteroatoms. The van der Waals surface area contributed by atoms with Crippen molar-refractivity contribution in [3.8, 4) is 0 Å². The molecule has 2 amide bonds. The highest BCUT2D eigenvalue weighted by atomic mass is 16.2. The van der Waals surface area contributed by atoms with Crippen LogP contribution in [0.15, 0.2) is 36.4 Å². The van der Waals surface area contributed by atoms with Crippen molar-refractivity contribution < 1.29 is 9.59 Å². The Labute approximate surface area is 112 Å². The first-order valence-electron chi connectivity index (χ1n) is 6.85. The summed E-state index contributed by atoms with van der Waals surface area (Å²) in [5.74, 6) is 0.0100. The lowest BCUT2D eigenvalue weighted by Gasteiger charge is -2.28. The van der Waals surface area contributed by atoms with Gasteiger partial charge in [0, 0.05) is 12.2 Å². The van der Waals surface area contributed by atoms with Crippen LogP contribution in [0, 0.1) is 5.92 Å². The molecule has 3 rings (SSSR count). The number of benzene rings is 1. The van der Waals surface area contributed by atoms with Crippen molar-refractivity contribution in [3.63, 3.8) is 0 Å². The van der Waals surface area contributed by atoms with E-state index in [1.54, 1.807) is 0 Å². The molecule has 2 atom stereocenters. The minimum Gasteiger partial charge on any atom is -0.269 e. The minimum absolute atomic E-state index is 0.0776. The fourth-order valence-electron chi connectivity index (χ4n) is 3.32. The Kier molecular flexibility index (Phi) is 2.97. The average Bonchev–Trinajstić information content (AvgIpc) is 2.91. The molecule has 1 heterocycles. The van der Waals surface area contributed by atoms with Gasteiger partial charge in [0.15, 0.2) is 0 Å². The lowest BCUT2D eigenvalue weighted by Crippen LogP contribution is -2.36. The van der Waals surface area contributed by atoms with Crippen LogP contribution in [0.3, 0.4) is 0 Å². The van der Waals surface area contributed by atoms with Gasteiger partial charge in [-0.05, 0) is 29.9 Å². The zero-order valence-corrected chi connectivity index (χ0v) is 11.0. The standard InChI is InChI=1S/C16H17NO2/c1-2-5-12-10-11-6-3-4-7-13(11)16(12)17-14(18)8-9-15(17)19/h3-4,6-9,12,16H,2,5,10H2,1H3/t12-,16-/m0/s1. The molecule has 0 saturated carbocycles. The van der Waals surface area contributed by atoms with Crippen LogP contribution in [0.2, 0.25) is 0 Å². The number of amides is 2. The fourth-order valence-corrected chi connectivity index (χ4v) is 3.32. The highest BCUT2D eigenvalue weighted by molar-refractivity contribution is 6.13. The molecule has 3 nitrogen and oxygen atoms in total. The molecule has 1 aromatic carbocycles. The maximum absolute atomic E-state index is 11.9. The van der Waals surface area contributed by atoms with Crippen LogP contribution in [0.25, 0.3) is 0 Å². The SMILES string of the molecule is CCC[C@H]1Cc2ccccc2[C@H]1N1C(=O)C=CC1=O. The van der Waals surface area contributed by atoms with Crippen LogP contribution in [-0.4, -0.2) is 16.7 Å². The summed E-state index contributed by atoms with van der Waals surface area (Å²) in [4.78, 5) is 25.3. The molecule has 0 aromatic heterocycles. The third kappa shape index (κ3) is 1.89. The van der Waals surface area contributed by atoms with Crippen LogP contribution in [-0.2, 0) is 16.0 Å². The number of nitrogens with zero attached hydrogens (tertiary/aromatic N) is 1. The van der Waals surface area contributed by atoms with Crippen LogP contribution < -0.4 is 0 Å². The summed E-state index contributed by atoms with van der Waals surface area (Å²) in [6.07, 6.45) is 5.83. The molecule has 2 aliphatic rings. The van der Waals surface area contributed by atoms with E-state index in [4.69, 9.17) is 0 Å². The topological polar surface area (TPSA) is 37.4 Å². The van der Waals surface area contributed by atoms with Gasteiger partial charge >= 0.3 is 0 Å². The second kappa shape index (κ2) is 4.65. The van der Waals surface area contributed by atoms with E-state index < -0.39 is 0 Å². The lowest BCUT2D eigenvalue weighted by atomic mass is 9.94. The maximum atomic E-state index is 11.9. The molecule has 0 fully saturated rings. The van der Waals surface area contributed by atoms with Gasteiger partial charge in [0.05, 0.1) is 6.04 Å². The molecular weight excluding hydrogens is 238 g/mol. The Morgan fingerprint density at radius 1 is 1.16 bits per heavy atom. The normalized spacial score (nSPS) is 25.2. The van der Waals surface area contributed by atoms with Crippen molar-refractivity contribution in [1.82, 2.24) is 4.90 Å². The second-order valence-corrected chi connectivity index (χ2v) is 5.28. The highest BCUT2D eigenvalue weighted by Gasteiger charge is 2.41.